The van der Waals surface area contributed by atoms with Gasteiger partial charge in [-0.05, 0) is 78.3 Å². The molecule has 3 N–H and O–H groups in total. The summed E-state index contributed by atoms with van der Waals surface area (Å²) < 4.78 is 16.3. The summed E-state index contributed by atoms with van der Waals surface area (Å²) in [6.07, 6.45) is 6.88. The van der Waals surface area contributed by atoms with Gasteiger partial charge in [-0.1, -0.05) is 73.3 Å². The Balaban J connectivity index is 0.000000145. The summed E-state index contributed by atoms with van der Waals surface area (Å²) in [6, 6.07) is 23.6. The lowest BCUT2D eigenvalue weighted by molar-refractivity contribution is 0.291. The molecule has 0 atom stereocenters. The van der Waals surface area contributed by atoms with Gasteiger partial charge in [-0.25, -0.2) is 0 Å². The van der Waals surface area contributed by atoms with Crippen LogP contribution < -0.4 is 14.2 Å². The summed E-state index contributed by atoms with van der Waals surface area (Å²) in [4.78, 5) is 0. The lowest BCUT2D eigenvalue weighted by Crippen LogP contribution is -2.00. The van der Waals surface area contributed by atoms with E-state index in [4.69, 9.17) is 36.0 Å². The van der Waals surface area contributed by atoms with Gasteiger partial charge in [0, 0.05) is 55.0 Å². The summed E-state index contributed by atoms with van der Waals surface area (Å²) in [5, 5.41) is 27.0. The number of hydrogen-bond acceptors (Lipinski definition) is 6. The Kier molecular flexibility index (Phi) is 14.4. The highest BCUT2D eigenvalue weighted by Gasteiger charge is 2.16. The van der Waals surface area contributed by atoms with Crippen LogP contribution in [0.3, 0.4) is 0 Å². The van der Waals surface area contributed by atoms with Crippen LogP contribution in [-0.4, -0.2) is 54.2 Å². The molecule has 0 saturated heterocycles. The van der Waals surface area contributed by atoms with Gasteiger partial charge >= 0.3 is 0 Å². The Bertz CT molecular complexity index is 1660. The van der Waals surface area contributed by atoms with Gasteiger partial charge in [-0.15, -0.1) is 11.6 Å². The molecule has 0 aliphatic carbocycles. The molecule has 3 aliphatic rings. The normalized spacial score (nSPS) is 12.9. The summed E-state index contributed by atoms with van der Waals surface area (Å²) >= 11 is 5.70. The largest absolute Gasteiger partial charge is 0.508 e. The first kappa shape index (κ1) is 36.6. The molecule has 254 valence electrons. The third kappa shape index (κ3) is 9.66. The number of alkyl halides is 1. The van der Waals surface area contributed by atoms with Crippen LogP contribution in [0.1, 0.15) is 51.4 Å². The van der Waals surface area contributed by atoms with Crippen molar-refractivity contribution in [2.75, 3.05) is 38.9 Å². The fourth-order valence-electron chi connectivity index (χ4n) is 6.07. The molecule has 3 heterocycles. The quantitative estimate of drug-likeness (QED) is 0.166. The third-order valence-electron chi connectivity index (χ3n) is 8.40. The number of benzene rings is 4. The van der Waals surface area contributed by atoms with Crippen LogP contribution >= 0.6 is 11.6 Å². The van der Waals surface area contributed by atoms with Crippen molar-refractivity contribution >= 4 is 23.3 Å². The highest BCUT2D eigenvalue weighted by atomic mass is 35.5. The van der Waals surface area contributed by atoms with E-state index in [0.29, 0.717) is 18.7 Å². The number of aromatic hydroxyl groups is 1. The highest BCUT2D eigenvalue weighted by molar-refractivity contribution is 6.18. The molecule has 0 spiro atoms. The minimum Gasteiger partial charge on any atom is -0.508 e. The molecule has 6 nitrogen and oxygen atoms in total. The topological polar surface area (TPSA) is 88.4 Å². The lowest BCUT2D eigenvalue weighted by Gasteiger charge is -2.08. The average molecular weight is 671 g/mol. The fourth-order valence-corrected chi connectivity index (χ4v) is 6.27. The van der Waals surface area contributed by atoms with Crippen LogP contribution in [0.2, 0.25) is 0 Å². The van der Waals surface area contributed by atoms with E-state index in [1.165, 1.54) is 33.4 Å². The summed E-state index contributed by atoms with van der Waals surface area (Å²) in [5.41, 5.74) is 10.6. The van der Waals surface area contributed by atoms with Gasteiger partial charge < -0.3 is 29.5 Å². The maximum atomic E-state index is 9.46. The summed E-state index contributed by atoms with van der Waals surface area (Å²) in [6.45, 7) is 12.3. The smallest absolute Gasteiger partial charge is 0.123 e. The predicted molar refractivity (Wildman–Crippen MR) is 196 cm³/mol. The summed E-state index contributed by atoms with van der Waals surface area (Å²) in [7, 11) is 0. The average Bonchev–Trinajstić information content (AvgIpc) is 3.89. The SMILES string of the molecule is C=C(C)c1cccc2c1CCO2.C=Cc1cccc2c1CCO2.ClCCc1cccc2c1CCO2.OCCc1cccc(O)c1CCO. The number of ether oxygens (including phenoxy) is 3. The van der Waals surface area contributed by atoms with Crippen LogP contribution in [0.4, 0.5) is 0 Å². The van der Waals surface area contributed by atoms with Crippen LogP contribution in [0, 0.1) is 0 Å². The fraction of sp³-hybridized carbons (Fsp3) is 0.317. The van der Waals surface area contributed by atoms with Crippen molar-refractivity contribution in [2.45, 2.75) is 45.4 Å². The Morgan fingerprint density at radius 1 is 0.708 bits per heavy atom. The molecule has 0 radical (unpaired) electrons. The van der Waals surface area contributed by atoms with Gasteiger partial charge in [0.25, 0.3) is 0 Å². The number of aliphatic hydroxyl groups excluding tert-OH is 2. The van der Waals surface area contributed by atoms with E-state index >= 15 is 0 Å². The zero-order chi connectivity index (χ0) is 34.3. The van der Waals surface area contributed by atoms with Crippen molar-refractivity contribution < 1.29 is 29.5 Å². The molecule has 7 heteroatoms. The van der Waals surface area contributed by atoms with Gasteiger partial charge in [0.1, 0.15) is 23.0 Å². The van der Waals surface area contributed by atoms with Crippen LogP contribution in [0.5, 0.6) is 23.0 Å². The maximum Gasteiger partial charge on any atom is 0.123 e. The molecule has 0 unspecified atom stereocenters. The predicted octanol–water partition coefficient (Wildman–Crippen LogP) is 7.78. The molecule has 7 rings (SSSR count). The molecule has 0 saturated carbocycles. The maximum absolute atomic E-state index is 9.46. The Morgan fingerprint density at radius 3 is 1.88 bits per heavy atom. The van der Waals surface area contributed by atoms with Gasteiger partial charge in [0.15, 0.2) is 0 Å². The first-order chi connectivity index (χ1) is 23.4. The number of aliphatic hydroxyl groups is 2. The first-order valence-electron chi connectivity index (χ1n) is 16.5. The molecule has 4 aromatic rings. The van der Waals surface area contributed by atoms with E-state index in [2.05, 4.69) is 31.4 Å². The molecule has 0 bridgehead atoms. The third-order valence-corrected chi connectivity index (χ3v) is 8.59. The molecular formula is C41H47ClO6. The molecule has 0 fully saturated rings. The van der Waals surface area contributed by atoms with E-state index in [0.717, 1.165) is 79.5 Å². The molecular weight excluding hydrogens is 624 g/mol. The molecule has 4 aromatic carbocycles. The molecule has 3 aliphatic heterocycles. The van der Waals surface area contributed by atoms with Crippen molar-refractivity contribution in [1.29, 1.82) is 0 Å². The number of allylic oxidation sites excluding steroid dienone is 1. The number of aryl methyl sites for hydroxylation is 1. The second-order valence-corrected chi connectivity index (χ2v) is 12.0. The number of rotatable bonds is 8. The standard InChI is InChI=1S/C11H12O.C10H11ClO.C10H14O3.C10H10O/c1-8(2)9-4-3-5-11-10(9)6-7-12-11;11-6-4-8-2-1-3-10-9(8)5-7-12-10;11-6-4-8-2-1-3-10(13)9(8)5-7-12;1-2-8-4-3-5-10-9(8)6-7-11-10/h3-5H,1,6-7H2,2H3;1-3H,4-7H2;1-3,11-13H,4-7H2;2-5H,1,6-7H2. The minimum absolute atomic E-state index is 0.00992. The second-order valence-electron chi connectivity index (χ2n) is 11.6. The van der Waals surface area contributed by atoms with Crippen molar-refractivity contribution in [1.82, 2.24) is 0 Å². The van der Waals surface area contributed by atoms with E-state index in [9.17, 15) is 5.11 Å². The van der Waals surface area contributed by atoms with Crippen molar-refractivity contribution in [3.63, 3.8) is 0 Å². The first-order valence-corrected chi connectivity index (χ1v) is 17.0. The summed E-state index contributed by atoms with van der Waals surface area (Å²) in [5.74, 6) is 4.01. The lowest BCUT2D eigenvalue weighted by atomic mass is 10.0. The molecule has 48 heavy (non-hydrogen) atoms. The minimum atomic E-state index is 0.00992. The number of halogens is 1. The Hall–Kier alpha value is -4.23. The molecule has 0 aromatic heterocycles. The van der Waals surface area contributed by atoms with Crippen molar-refractivity contribution in [3.05, 3.63) is 130 Å². The number of phenols is 1. The van der Waals surface area contributed by atoms with Gasteiger partial charge in [0.05, 0.1) is 19.8 Å². The highest BCUT2D eigenvalue weighted by Crippen LogP contribution is 2.32. The van der Waals surface area contributed by atoms with Crippen LogP contribution in [0.25, 0.3) is 11.6 Å². The van der Waals surface area contributed by atoms with Gasteiger partial charge in [0.2, 0.25) is 0 Å². The zero-order valence-electron chi connectivity index (χ0n) is 27.8. The van der Waals surface area contributed by atoms with Gasteiger partial charge in [-0.3, -0.25) is 0 Å². The molecule has 0 amide bonds. The number of phenolic OH excluding ortho intramolecular Hbond substituents is 1. The zero-order valence-corrected chi connectivity index (χ0v) is 28.6. The van der Waals surface area contributed by atoms with Crippen molar-refractivity contribution in [2.24, 2.45) is 0 Å². The van der Waals surface area contributed by atoms with Crippen LogP contribution in [-0.2, 0) is 38.5 Å². The van der Waals surface area contributed by atoms with E-state index < -0.39 is 0 Å². The van der Waals surface area contributed by atoms with Gasteiger partial charge in [-0.2, -0.15) is 0 Å². The second kappa shape index (κ2) is 18.9. The Morgan fingerprint density at radius 2 is 1.25 bits per heavy atom. The van der Waals surface area contributed by atoms with E-state index in [1.807, 2.05) is 55.5 Å². The van der Waals surface area contributed by atoms with Crippen LogP contribution in [0.15, 0.2) is 86.0 Å². The number of hydrogen-bond donors (Lipinski definition) is 3. The number of fused-ring (bicyclic) bond motifs is 3. The Labute approximate surface area is 289 Å². The van der Waals surface area contributed by atoms with E-state index in [-0.39, 0.29) is 19.0 Å². The van der Waals surface area contributed by atoms with Crippen molar-refractivity contribution in [3.8, 4) is 23.0 Å². The van der Waals surface area contributed by atoms with E-state index in [1.54, 1.807) is 12.1 Å². The monoisotopic (exact) mass is 670 g/mol.